The fraction of sp³-hybridized carbons (Fsp3) is 0.769. The molecule has 1 rings (SSSR count). The second-order valence-electron chi connectivity index (χ2n) is 4.62. The first-order valence-electron chi connectivity index (χ1n) is 6.60. The first kappa shape index (κ1) is 18.7. The minimum atomic E-state index is 0. The number of aliphatic imine (C=N–C) groups is 1. The summed E-state index contributed by atoms with van der Waals surface area (Å²) in [5.41, 5.74) is 1.31. The van der Waals surface area contributed by atoms with Gasteiger partial charge in [-0.15, -0.1) is 24.0 Å². The highest BCUT2D eigenvalue weighted by molar-refractivity contribution is 14.0. The van der Waals surface area contributed by atoms with Crippen LogP contribution < -0.4 is 10.6 Å². The Kier molecular flexibility index (Phi) is 11.3. The van der Waals surface area contributed by atoms with E-state index in [0.717, 1.165) is 51.9 Å². The van der Waals surface area contributed by atoms with E-state index in [0.29, 0.717) is 0 Å². The summed E-state index contributed by atoms with van der Waals surface area (Å²) in [6, 6.07) is 0. The molecule has 0 bridgehead atoms. The van der Waals surface area contributed by atoms with Crippen molar-refractivity contribution in [1.82, 2.24) is 15.5 Å². The lowest BCUT2D eigenvalue weighted by molar-refractivity contribution is 0.0389. The van der Waals surface area contributed by atoms with E-state index in [1.165, 1.54) is 5.57 Å². The number of halogens is 1. The van der Waals surface area contributed by atoms with E-state index in [4.69, 9.17) is 4.74 Å². The molecule has 0 atom stereocenters. The molecule has 0 saturated carbocycles. The van der Waals surface area contributed by atoms with Crippen LogP contribution in [0.2, 0.25) is 0 Å². The molecular formula is C13H27IN4O. The van der Waals surface area contributed by atoms with Crippen LogP contribution in [0.4, 0.5) is 0 Å². The maximum Gasteiger partial charge on any atom is 0.191 e. The lowest BCUT2D eigenvalue weighted by Gasteiger charge is -2.26. The number of hydrogen-bond acceptors (Lipinski definition) is 3. The van der Waals surface area contributed by atoms with Crippen molar-refractivity contribution in [3.05, 3.63) is 11.6 Å². The van der Waals surface area contributed by atoms with E-state index < -0.39 is 0 Å². The Morgan fingerprint density at radius 2 is 1.95 bits per heavy atom. The fourth-order valence-electron chi connectivity index (χ4n) is 1.73. The van der Waals surface area contributed by atoms with Gasteiger partial charge in [0.05, 0.1) is 13.2 Å². The van der Waals surface area contributed by atoms with Gasteiger partial charge < -0.3 is 15.4 Å². The van der Waals surface area contributed by atoms with Gasteiger partial charge in [-0.25, -0.2) is 0 Å². The number of ether oxygens (including phenoxy) is 1. The summed E-state index contributed by atoms with van der Waals surface area (Å²) < 4.78 is 5.32. The number of nitrogens with zero attached hydrogens (tertiary/aromatic N) is 2. The van der Waals surface area contributed by atoms with Gasteiger partial charge in [0.1, 0.15) is 0 Å². The third-order valence-corrected chi connectivity index (χ3v) is 2.83. The first-order chi connectivity index (χ1) is 8.72. The summed E-state index contributed by atoms with van der Waals surface area (Å²) in [6.45, 7) is 10.7. The summed E-state index contributed by atoms with van der Waals surface area (Å²) in [6.07, 6.45) is 2.15. The number of guanidine groups is 1. The molecule has 0 aromatic rings. The van der Waals surface area contributed by atoms with Gasteiger partial charge in [-0.2, -0.15) is 0 Å². The highest BCUT2D eigenvalue weighted by atomic mass is 127. The largest absolute Gasteiger partial charge is 0.379 e. The molecule has 112 valence electrons. The van der Waals surface area contributed by atoms with Gasteiger partial charge in [0, 0.05) is 39.8 Å². The van der Waals surface area contributed by atoms with Crippen molar-refractivity contribution in [2.75, 3.05) is 53.0 Å². The van der Waals surface area contributed by atoms with Gasteiger partial charge in [0.2, 0.25) is 0 Å². The van der Waals surface area contributed by atoms with Crippen molar-refractivity contribution in [3.8, 4) is 0 Å². The maximum atomic E-state index is 5.32. The van der Waals surface area contributed by atoms with Crippen LogP contribution in [-0.4, -0.2) is 63.8 Å². The van der Waals surface area contributed by atoms with Gasteiger partial charge >= 0.3 is 0 Å². The van der Waals surface area contributed by atoms with E-state index in [9.17, 15) is 0 Å². The lowest BCUT2D eigenvalue weighted by atomic mass is 10.3. The molecule has 0 unspecified atom stereocenters. The van der Waals surface area contributed by atoms with Gasteiger partial charge in [-0.3, -0.25) is 9.89 Å². The molecule has 1 fully saturated rings. The average Bonchev–Trinajstić information content (AvgIpc) is 2.38. The molecule has 0 aliphatic carbocycles. The standard InChI is InChI=1S/C13H26N4O.HI/c1-12(2)4-5-15-13(14-3)16-6-7-17-8-10-18-11-9-17;/h4H,5-11H2,1-3H3,(H2,14,15,16);1H. The Bertz CT molecular complexity index is 284. The summed E-state index contributed by atoms with van der Waals surface area (Å²) >= 11 is 0. The van der Waals surface area contributed by atoms with Gasteiger partial charge in [-0.1, -0.05) is 11.6 Å². The second-order valence-corrected chi connectivity index (χ2v) is 4.62. The van der Waals surface area contributed by atoms with Crippen LogP contribution in [0.3, 0.4) is 0 Å². The highest BCUT2D eigenvalue weighted by Gasteiger charge is 2.09. The van der Waals surface area contributed by atoms with Crippen molar-refractivity contribution < 1.29 is 4.74 Å². The van der Waals surface area contributed by atoms with Crippen LogP contribution >= 0.6 is 24.0 Å². The molecule has 6 heteroatoms. The number of morpholine rings is 1. The number of hydrogen-bond donors (Lipinski definition) is 2. The van der Waals surface area contributed by atoms with E-state index in [1.807, 2.05) is 0 Å². The van der Waals surface area contributed by atoms with Crippen LogP contribution in [0.1, 0.15) is 13.8 Å². The molecule has 0 aromatic carbocycles. The normalized spacial score (nSPS) is 16.5. The summed E-state index contributed by atoms with van der Waals surface area (Å²) in [5.74, 6) is 0.862. The third-order valence-electron chi connectivity index (χ3n) is 2.83. The van der Waals surface area contributed by atoms with Crippen molar-refractivity contribution >= 4 is 29.9 Å². The first-order valence-corrected chi connectivity index (χ1v) is 6.60. The van der Waals surface area contributed by atoms with Crippen LogP contribution in [0.25, 0.3) is 0 Å². The van der Waals surface area contributed by atoms with Crippen LogP contribution in [-0.2, 0) is 4.74 Å². The van der Waals surface area contributed by atoms with Gasteiger partial charge in [-0.05, 0) is 13.8 Å². The molecule has 1 aliphatic heterocycles. The molecule has 2 N–H and O–H groups in total. The topological polar surface area (TPSA) is 48.9 Å². The Morgan fingerprint density at radius 3 is 2.53 bits per heavy atom. The zero-order valence-corrected chi connectivity index (χ0v) is 14.6. The summed E-state index contributed by atoms with van der Waals surface area (Å²) in [7, 11) is 1.80. The Hall–Kier alpha value is -0.340. The highest BCUT2D eigenvalue weighted by Crippen LogP contribution is 1.94. The second kappa shape index (κ2) is 11.5. The average molecular weight is 382 g/mol. The maximum absolute atomic E-state index is 5.32. The molecule has 1 heterocycles. The van der Waals surface area contributed by atoms with Crippen LogP contribution in [0, 0.1) is 0 Å². The van der Waals surface area contributed by atoms with Gasteiger partial charge in [0.15, 0.2) is 5.96 Å². The number of allylic oxidation sites excluding steroid dienone is 1. The Labute approximate surface area is 133 Å². The molecule has 0 aromatic heterocycles. The van der Waals surface area contributed by atoms with Crippen LogP contribution in [0.15, 0.2) is 16.6 Å². The minimum absolute atomic E-state index is 0. The quantitative estimate of drug-likeness (QED) is 0.323. The molecule has 0 spiro atoms. The van der Waals surface area contributed by atoms with Gasteiger partial charge in [0.25, 0.3) is 0 Å². The van der Waals surface area contributed by atoms with Crippen molar-refractivity contribution in [1.29, 1.82) is 0 Å². The van der Waals surface area contributed by atoms with Crippen LogP contribution in [0.5, 0.6) is 0 Å². The van der Waals surface area contributed by atoms with Crippen molar-refractivity contribution in [3.63, 3.8) is 0 Å². The van der Waals surface area contributed by atoms with E-state index in [2.05, 4.69) is 40.4 Å². The fourth-order valence-corrected chi connectivity index (χ4v) is 1.73. The SMILES string of the molecule is CN=C(NCC=C(C)C)NCCN1CCOCC1.I. The molecule has 1 aliphatic rings. The molecule has 5 nitrogen and oxygen atoms in total. The smallest absolute Gasteiger partial charge is 0.191 e. The zero-order valence-electron chi connectivity index (χ0n) is 12.2. The summed E-state index contributed by atoms with van der Waals surface area (Å²) in [4.78, 5) is 6.59. The molecule has 19 heavy (non-hydrogen) atoms. The van der Waals surface area contributed by atoms with Crippen molar-refractivity contribution in [2.24, 2.45) is 4.99 Å². The Morgan fingerprint density at radius 1 is 1.26 bits per heavy atom. The molecule has 0 radical (unpaired) electrons. The third kappa shape index (κ3) is 9.23. The number of rotatable bonds is 5. The summed E-state index contributed by atoms with van der Waals surface area (Å²) in [5, 5.41) is 6.58. The Balaban J connectivity index is 0.00000324. The predicted molar refractivity (Wildman–Crippen MR) is 91.5 cm³/mol. The monoisotopic (exact) mass is 382 g/mol. The zero-order chi connectivity index (χ0) is 13.2. The molecule has 0 amide bonds. The van der Waals surface area contributed by atoms with E-state index in [1.54, 1.807) is 7.05 Å². The van der Waals surface area contributed by atoms with E-state index in [-0.39, 0.29) is 24.0 Å². The molecule has 1 saturated heterocycles. The lowest BCUT2D eigenvalue weighted by Crippen LogP contribution is -2.44. The van der Waals surface area contributed by atoms with E-state index >= 15 is 0 Å². The minimum Gasteiger partial charge on any atom is -0.379 e. The van der Waals surface area contributed by atoms with Crippen molar-refractivity contribution in [2.45, 2.75) is 13.8 Å². The predicted octanol–water partition coefficient (Wildman–Crippen LogP) is 1.07. The number of nitrogens with one attached hydrogen (secondary N) is 2. The molecular weight excluding hydrogens is 355 g/mol.